The van der Waals surface area contributed by atoms with Crippen molar-refractivity contribution >= 4 is 21.4 Å². The number of nitrogens with zero attached hydrogens (tertiary/aromatic N) is 5. The smallest absolute Gasteiger partial charge is 0.333 e. The third kappa shape index (κ3) is 6.45. The van der Waals surface area contributed by atoms with E-state index in [2.05, 4.69) is 11.1 Å². The Morgan fingerprint density at radius 2 is 1.89 bits per heavy atom. The van der Waals surface area contributed by atoms with E-state index in [1.54, 1.807) is 43.6 Å². The molecule has 8 nitrogen and oxygen atoms in total. The number of nitriles is 1. The van der Waals surface area contributed by atoms with Gasteiger partial charge in [-0.05, 0) is 49.6 Å². The van der Waals surface area contributed by atoms with E-state index in [0.717, 1.165) is 24.6 Å². The maximum atomic E-state index is 14.3. The van der Waals surface area contributed by atoms with Gasteiger partial charge in [0.1, 0.15) is 5.82 Å². The van der Waals surface area contributed by atoms with Gasteiger partial charge in [0.15, 0.2) is 15.5 Å². The number of benzene rings is 2. The second-order valence-corrected chi connectivity index (χ2v) is 13.3. The number of rotatable bonds is 10. The minimum absolute atomic E-state index is 0.0126. The van der Waals surface area contributed by atoms with Crippen molar-refractivity contribution in [3.8, 4) is 17.3 Å². The Morgan fingerprint density at radius 1 is 1.18 bits per heavy atom. The van der Waals surface area contributed by atoms with Crippen molar-refractivity contribution in [1.82, 2.24) is 19.3 Å². The number of sulfone groups is 1. The van der Waals surface area contributed by atoms with Crippen LogP contribution in [0.4, 0.5) is 17.6 Å². The molecule has 1 fully saturated rings. The largest absolute Gasteiger partial charge is 0.419 e. The zero-order valence-corrected chi connectivity index (χ0v) is 24.8. The van der Waals surface area contributed by atoms with Crippen molar-refractivity contribution in [2.24, 2.45) is 0 Å². The molecule has 0 aliphatic heterocycles. The molecule has 44 heavy (non-hydrogen) atoms. The molecule has 1 saturated carbocycles. The van der Waals surface area contributed by atoms with Crippen LogP contribution in [0.25, 0.3) is 16.9 Å². The van der Waals surface area contributed by atoms with Gasteiger partial charge in [0.25, 0.3) is 0 Å². The molecule has 0 saturated heterocycles. The molecule has 1 amide bonds. The summed E-state index contributed by atoms with van der Waals surface area (Å²) >= 11 is 0. The van der Waals surface area contributed by atoms with Crippen molar-refractivity contribution in [3.63, 3.8) is 0 Å². The molecule has 0 N–H and O–H groups in total. The first-order valence-electron chi connectivity index (χ1n) is 14.1. The molecule has 0 radical (unpaired) electrons. The van der Waals surface area contributed by atoms with E-state index in [1.165, 1.54) is 11.8 Å². The summed E-state index contributed by atoms with van der Waals surface area (Å²) in [5.74, 6) is -2.37. The highest BCUT2D eigenvalue weighted by Gasteiger charge is 2.35. The summed E-state index contributed by atoms with van der Waals surface area (Å²) in [5.41, 5.74) is 2.18. The molecule has 1 aliphatic carbocycles. The number of alkyl halides is 3. The molecule has 1 aliphatic rings. The molecule has 0 unspecified atom stereocenters. The van der Waals surface area contributed by atoms with Crippen LogP contribution >= 0.6 is 0 Å². The van der Waals surface area contributed by atoms with Gasteiger partial charge in [-0.3, -0.25) is 14.2 Å². The number of halogens is 4. The molecule has 5 rings (SSSR count). The van der Waals surface area contributed by atoms with Crippen LogP contribution in [0.1, 0.15) is 66.7 Å². The number of amides is 1. The Hall–Kier alpha value is -4.31. The molecule has 2 heterocycles. The van der Waals surface area contributed by atoms with Crippen LogP contribution in [-0.2, 0) is 27.2 Å². The third-order valence-electron chi connectivity index (χ3n) is 7.81. The van der Waals surface area contributed by atoms with E-state index < -0.39 is 45.8 Å². The summed E-state index contributed by atoms with van der Waals surface area (Å²) in [5, 5.41) is 9.30. The monoisotopic (exact) mass is 627 g/mol. The molecule has 2 aromatic carbocycles. The minimum atomic E-state index is -4.89. The van der Waals surface area contributed by atoms with Crippen molar-refractivity contribution in [1.29, 1.82) is 5.26 Å². The molecule has 2 aromatic heterocycles. The van der Waals surface area contributed by atoms with E-state index in [1.807, 2.05) is 4.40 Å². The summed E-state index contributed by atoms with van der Waals surface area (Å²) in [4.78, 5) is 24.6. The van der Waals surface area contributed by atoms with Gasteiger partial charge in [0, 0.05) is 36.2 Å². The van der Waals surface area contributed by atoms with E-state index in [0.29, 0.717) is 40.3 Å². The van der Waals surface area contributed by atoms with Crippen LogP contribution in [0, 0.1) is 17.1 Å². The highest BCUT2D eigenvalue weighted by Crippen LogP contribution is 2.42. The number of imidazole rings is 1. The van der Waals surface area contributed by atoms with Crippen LogP contribution in [-0.4, -0.2) is 51.6 Å². The average Bonchev–Trinajstić information content (AvgIpc) is 3.75. The standard InChI is InChI=1S/C31H29F4N5O3S/c1-3-44(42,43)15-14-39(26(41)17-21-6-11-24(25(32)16-21)31(33,34)35)19(2)27-29(23-7-4-20(18-36)5-8-23)40-13-12-37-28(22-9-10-22)30(40)38-27/h4-8,11-13,16,19,22H,3,9-10,14-15,17H2,1-2H3/t19-/m1/s1. The summed E-state index contributed by atoms with van der Waals surface area (Å²) in [7, 11) is -3.51. The molecular formula is C31H29F4N5O3S. The lowest BCUT2D eigenvalue weighted by molar-refractivity contribution is -0.140. The van der Waals surface area contributed by atoms with Crippen molar-refractivity contribution < 1.29 is 30.8 Å². The van der Waals surface area contributed by atoms with Gasteiger partial charge in [-0.2, -0.15) is 18.4 Å². The first-order valence-corrected chi connectivity index (χ1v) is 15.9. The van der Waals surface area contributed by atoms with Gasteiger partial charge in [-0.15, -0.1) is 0 Å². The van der Waals surface area contributed by atoms with Crippen LogP contribution in [0.15, 0.2) is 54.9 Å². The number of carbonyl (C=O) groups excluding carboxylic acids is 1. The second kappa shape index (κ2) is 12.0. The molecular weight excluding hydrogens is 598 g/mol. The summed E-state index contributed by atoms with van der Waals surface area (Å²) < 4.78 is 80.5. The van der Waals surface area contributed by atoms with Gasteiger partial charge < -0.3 is 4.90 Å². The Kier molecular flexibility index (Phi) is 8.49. The number of hydrogen-bond donors (Lipinski definition) is 0. The van der Waals surface area contributed by atoms with Gasteiger partial charge >= 0.3 is 6.18 Å². The van der Waals surface area contributed by atoms with E-state index in [9.17, 15) is 36.0 Å². The predicted octanol–water partition coefficient (Wildman–Crippen LogP) is 5.87. The quantitative estimate of drug-likeness (QED) is 0.204. The predicted molar refractivity (Wildman–Crippen MR) is 155 cm³/mol. The van der Waals surface area contributed by atoms with E-state index in [4.69, 9.17) is 4.98 Å². The summed E-state index contributed by atoms with van der Waals surface area (Å²) in [6.07, 6.45) is -0.0169. The first kappa shape index (κ1) is 31.1. The maximum absolute atomic E-state index is 14.3. The van der Waals surface area contributed by atoms with Gasteiger partial charge in [-0.1, -0.05) is 25.1 Å². The van der Waals surface area contributed by atoms with Gasteiger partial charge in [0.05, 0.1) is 52.5 Å². The van der Waals surface area contributed by atoms with Gasteiger partial charge in [0.2, 0.25) is 5.91 Å². The fourth-order valence-corrected chi connectivity index (χ4v) is 5.94. The molecule has 0 bridgehead atoms. The Morgan fingerprint density at radius 3 is 2.48 bits per heavy atom. The summed E-state index contributed by atoms with van der Waals surface area (Å²) in [6.45, 7) is 2.98. The minimum Gasteiger partial charge on any atom is -0.333 e. The second-order valence-electron chi connectivity index (χ2n) is 10.8. The van der Waals surface area contributed by atoms with Crippen LogP contribution in [0.3, 0.4) is 0 Å². The lowest BCUT2D eigenvalue weighted by Crippen LogP contribution is -2.38. The average molecular weight is 628 g/mol. The number of fused-ring (bicyclic) bond motifs is 1. The van der Waals surface area contributed by atoms with Crippen LogP contribution in [0.2, 0.25) is 0 Å². The lowest BCUT2D eigenvalue weighted by Gasteiger charge is -2.29. The highest BCUT2D eigenvalue weighted by molar-refractivity contribution is 7.91. The van der Waals surface area contributed by atoms with E-state index >= 15 is 0 Å². The lowest BCUT2D eigenvalue weighted by atomic mass is 10.0. The van der Waals surface area contributed by atoms with Crippen molar-refractivity contribution in [2.45, 2.75) is 51.2 Å². The van der Waals surface area contributed by atoms with Crippen molar-refractivity contribution in [2.75, 3.05) is 18.1 Å². The Bertz CT molecular complexity index is 1860. The van der Waals surface area contributed by atoms with E-state index in [-0.39, 0.29) is 29.5 Å². The third-order valence-corrected chi connectivity index (χ3v) is 9.49. The SMILES string of the molecule is CCS(=O)(=O)CCN(C(=O)Cc1ccc(C(F)(F)F)c(F)c1)[C@H](C)c1nc2c(C3CC3)nccn2c1-c1ccc(C#N)cc1. The topological polar surface area (TPSA) is 108 Å². The van der Waals surface area contributed by atoms with Crippen molar-refractivity contribution in [3.05, 3.63) is 88.8 Å². The maximum Gasteiger partial charge on any atom is 0.419 e. The fourth-order valence-electron chi connectivity index (χ4n) is 5.18. The number of carbonyl (C=O) groups is 1. The van der Waals surface area contributed by atoms with Crippen LogP contribution < -0.4 is 0 Å². The zero-order valence-electron chi connectivity index (χ0n) is 24.0. The highest BCUT2D eigenvalue weighted by atomic mass is 32.2. The Balaban J connectivity index is 1.58. The number of hydrogen-bond acceptors (Lipinski definition) is 6. The molecule has 1 atom stereocenters. The molecule has 4 aromatic rings. The fraction of sp³-hybridized carbons (Fsp3) is 0.355. The first-order chi connectivity index (χ1) is 20.8. The Labute approximate surface area is 251 Å². The molecule has 230 valence electrons. The zero-order chi connectivity index (χ0) is 31.8. The summed E-state index contributed by atoms with van der Waals surface area (Å²) in [6, 6.07) is 10.4. The molecule has 0 spiro atoms. The van der Waals surface area contributed by atoms with Crippen LogP contribution in [0.5, 0.6) is 0 Å². The normalized spacial score (nSPS) is 14.4. The molecule has 13 heteroatoms. The number of aromatic nitrogens is 3. The van der Waals surface area contributed by atoms with Gasteiger partial charge in [-0.25, -0.2) is 17.8 Å².